The second-order valence-corrected chi connectivity index (χ2v) is 14.4. The second kappa shape index (κ2) is 9.37. The van der Waals surface area contributed by atoms with Crippen molar-refractivity contribution in [3.8, 4) is 0 Å². The van der Waals surface area contributed by atoms with Crippen LogP contribution in [0.25, 0.3) is 0 Å². The molecule has 28 heavy (non-hydrogen) atoms. The third-order valence-electron chi connectivity index (χ3n) is 4.86. The van der Waals surface area contributed by atoms with Crippen LogP contribution in [-0.2, 0) is 9.16 Å². The van der Waals surface area contributed by atoms with E-state index in [1.54, 1.807) is 32.9 Å². The maximum atomic E-state index is 13.5. The summed E-state index contributed by atoms with van der Waals surface area (Å²) >= 11 is 0. The predicted octanol–water partition coefficient (Wildman–Crippen LogP) is 5.16. The molecule has 2 N–H and O–H groups in total. The molecule has 0 bridgehead atoms. The SMILES string of the molecule is CC(C)(C)OC(=O)NC[C@@H](CC(O)c1cccc(F)c1)O[Si](C)(C)C(C)(C)C. The summed E-state index contributed by atoms with van der Waals surface area (Å²) in [5.74, 6) is -0.398. The highest BCUT2D eigenvalue weighted by Gasteiger charge is 2.39. The van der Waals surface area contributed by atoms with E-state index in [1.165, 1.54) is 12.1 Å². The molecule has 0 saturated heterocycles. The highest BCUT2D eigenvalue weighted by atomic mass is 28.4. The number of carbonyl (C=O) groups is 1. The molecule has 0 radical (unpaired) electrons. The Morgan fingerprint density at radius 1 is 1.21 bits per heavy atom. The molecule has 1 rings (SSSR count). The van der Waals surface area contributed by atoms with Gasteiger partial charge in [0.25, 0.3) is 0 Å². The van der Waals surface area contributed by atoms with E-state index in [0.29, 0.717) is 5.56 Å². The first kappa shape index (κ1) is 24.6. The normalized spacial score (nSPS) is 15.1. The van der Waals surface area contributed by atoms with Crippen molar-refractivity contribution in [2.24, 2.45) is 0 Å². The molecule has 0 heterocycles. The van der Waals surface area contributed by atoms with Crippen molar-refractivity contribution >= 4 is 14.4 Å². The van der Waals surface area contributed by atoms with Gasteiger partial charge in [0.15, 0.2) is 8.32 Å². The van der Waals surface area contributed by atoms with Gasteiger partial charge in [-0.2, -0.15) is 0 Å². The Labute approximate surface area is 169 Å². The van der Waals surface area contributed by atoms with Crippen molar-refractivity contribution < 1.29 is 23.5 Å². The molecule has 1 amide bonds. The quantitative estimate of drug-likeness (QED) is 0.606. The fourth-order valence-electron chi connectivity index (χ4n) is 2.38. The number of hydrogen-bond donors (Lipinski definition) is 2. The Hall–Kier alpha value is -1.44. The van der Waals surface area contributed by atoms with Crippen molar-refractivity contribution in [3.63, 3.8) is 0 Å². The molecule has 0 aliphatic rings. The highest BCUT2D eigenvalue weighted by Crippen LogP contribution is 2.38. The van der Waals surface area contributed by atoms with Crippen LogP contribution in [0.15, 0.2) is 24.3 Å². The van der Waals surface area contributed by atoms with Gasteiger partial charge >= 0.3 is 6.09 Å². The number of carbonyl (C=O) groups excluding carboxylic acids is 1. The van der Waals surface area contributed by atoms with Crippen LogP contribution >= 0.6 is 0 Å². The predicted molar refractivity (Wildman–Crippen MR) is 112 cm³/mol. The standard InChI is InChI=1S/C21H36FNO4Si/c1-20(2,3)26-19(25)23-14-17(27-28(7,8)21(4,5)6)13-18(24)15-10-9-11-16(22)12-15/h9-12,17-18,24H,13-14H2,1-8H3,(H,23,25)/t17-,18?/m1/s1. The number of nitrogens with one attached hydrogen (secondary N) is 1. The van der Waals surface area contributed by atoms with Crippen LogP contribution in [0.2, 0.25) is 18.1 Å². The van der Waals surface area contributed by atoms with Gasteiger partial charge in [-0.25, -0.2) is 9.18 Å². The number of rotatable bonds is 7. The summed E-state index contributed by atoms with van der Waals surface area (Å²) in [6.07, 6.45) is -1.61. The first-order valence-corrected chi connectivity index (χ1v) is 12.6. The lowest BCUT2D eigenvalue weighted by molar-refractivity contribution is 0.0453. The van der Waals surface area contributed by atoms with Gasteiger partial charge in [0.1, 0.15) is 11.4 Å². The second-order valence-electron chi connectivity index (χ2n) is 9.69. The topological polar surface area (TPSA) is 67.8 Å². The summed E-state index contributed by atoms with van der Waals surface area (Å²) < 4.78 is 25.2. The molecule has 0 fully saturated rings. The molecule has 1 aromatic carbocycles. The highest BCUT2D eigenvalue weighted by molar-refractivity contribution is 6.74. The molecule has 0 aliphatic heterocycles. The number of aliphatic hydroxyl groups excluding tert-OH is 1. The minimum absolute atomic E-state index is 0.0268. The van der Waals surface area contributed by atoms with Gasteiger partial charge in [0.05, 0.1) is 12.2 Å². The van der Waals surface area contributed by atoms with E-state index in [9.17, 15) is 14.3 Å². The number of alkyl carbamates (subject to hydrolysis) is 1. The zero-order valence-corrected chi connectivity index (χ0v) is 19.4. The molecule has 0 spiro atoms. The molecule has 0 aliphatic carbocycles. The van der Waals surface area contributed by atoms with E-state index >= 15 is 0 Å². The number of ether oxygens (including phenoxy) is 1. The molecule has 0 saturated carbocycles. The van der Waals surface area contributed by atoms with Gasteiger partial charge < -0.3 is 19.6 Å². The van der Waals surface area contributed by atoms with Crippen molar-refractivity contribution in [2.75, 3.05) is 6.54 Å². The summed E-state index contributed by atoms with van der Waals surface area (Å²) in [6.45, 7) is 16.2. The molecule has 160 valence electrons. The van der Waals surface area contributed by atoms with Gasteiger partial charge in [0.2, 0.25) is 0 Å². The lowest BCUT2D eigenvalue weighted by atomic mass is 10.0. The Kier molecular flexibility index (Phi) is 8.23. The average molecular weight is 414 g/mol. The first-order chi connectivity index (χ1) is 12.6. The van der Waals surface area contributed by atoms with Crippen LogP contribution in [0.4, 0.5) is 9.18 Å². The Bertz CT molecular complexity index is 653. The summed E-state index contributed by atoms with van der Waals surface area (Å²) in [6, 6.07) is 5.90. The minimum atomic E-state index is -2.14. The van der Waals surface area contributed by atoms with Crippen molar-refractivity contribution in [1.29, 1.82) is 0 Å². The molecule has 5 nitrogen and oxygen atoms in total. The van der Waals surface area contributed by atoms with Crippen LogP contribution in [0.3, 0.4) is 0 Å². The van der Waals surface area contributed by atoms with Crippen LogP contribution in [0, 0.1) is 5.82 Å². The Morgan fingerprint density at radius 3 is 2.32 bits per heavy atom. The van der Waals surface area contributed by atoms with Crippen LogP contribution in [0.1, 0.15) is 59.6 Å². The molecule has 0 aromatic heterocycles. The fraction of sp³-hybridized carbons (Fsp3) is 0.667. The Morgan fingerprint density at radius 2 is 1.82 bits per heavy atom. The van der Waals surface area contributed by atoms with Crippen molar-refractivity contribution in [1.82, 2.24) is 5.32 Å². The molecular formula is C21H36FNO4Si. The minimum Gasteiger partial charge on any atom is -0.444 e. The average Bonchev–Trinajstić information content (AvgIpc) is 2.49. The van der Waals surface area contributed by atoms with Gasteiger partial charge in [-0.1, -0.05) is 32.9 Å². The third-order valence-corrected chi connectivity index (χ3v) is 9.39. The van der Waals surface area contributed by atoms with Crippen LogP contribution in [-0.4, -0.2) is 37.8 Å². The van der Waals surface area contributed by atoms with Crippen molar-refractivity contribution in [3.05, 3.63) is 35.6 Å². The van der Waals surface area contributed by atoms with Gasteiger partial charge in [-0.05, 0) is 56.6 Å². The summed E-state index contributed by atoms with van der Waals surface area (Å²) in [5.41, 5.74) is -0.109. The molecule has 2 atom stereocenters. The molecular weight excluding hydrogens is 377 g/mol. The maximum Gasteiger partial charge on any atom is 0.407 e. The van der Waals surface area contributed by atoms with Gasteiger partial charge in [0, 0.05) is 13.0 Å². The van der Waals surface area contributed by atoms with E-state index in [2.05, 4.69) is 39.2 Å². The summed E-state index contributed by atoms with van der Waals surface area (Å²) in [7, 11) is -2.14. The van der Waals surface area contributed by atoms with E-state index in [4.69, 9.17) is 9.16 Å². The molecule has 7 heteroatoms. The summed E-state index contributed by atoms with van der Waals surface area (Å²) in [4.78, 5) is 12.0. The smallest absolute Gasteiger partial charge is 0.407 e. The van der Waals surface area contributed by atoms with Gasteiger partial charge in [-0.3, -0.25) is 0 Å². The summed E-state index contributed by atoms with van der Waals surface area (Å²) in [5, 5.41) is 13.3. The largest absolute Gasteiger partial charge is 0.444 e. The van der Waals surface area contributed by atoms with E-state index in [1.807, 2.05) is 0 Å². The number of amides is 1. The zero-order valence-electron chi connectivity index (χ0n) is 18.4. The van der Waals surface area contributed by atoms with Gasteiger partial charge in [-0.15, -0.1) is 0 Å². The Balaban J connectivity index is 2.89. The first-order valence-electron chi connectivity index (χ1n) is 9.69. The number of halogens is 1. The van der Waals surface area contributed by atoms with E-state index < -0.39 is 38.0 Å². The molecule has 1 aromatic rings. The number of benzene rings is 1. The van der Waals surface area contributed by atoms with Crippen LogP contribution < -0.4 is 5.32 Å². The number of hydrogen-bond acceptors (Lipinski definition) is 4. The third kappa shape index (κ3) is 8.28. The number of aliphatic hydroxyl groups is 1. The lowest BCUT2D eigenvalue weighted by Crippen LogP contribution is -2.47. The van der Waals surface area contributed by atoms with E-state index in [0.717, 1.165) is 0 Å². The zero-order chi connectivity index (χ0) is 21.8. The van der Waals surface area contributed by atoms with Crippen LogP contribution in [0.5, 0.6) is 0 Å². The molecule has 1 unspecified atom stereocenters. The monoisotopic (exact) mass is 413 g/mol. The van der Waals surface area contributed by atoms with Crippen molar-refractivity contribution in [2.45, 2.75) is 83.9 Å². The lowest BCUT2D eigenvalue weighted by Gasteiger charge is -2.39. The maximum absolute atomic E-state index is 13.5. The fourth-order valence-corrected chi connectivity index (χ4v) is 3.74. The van der Waals surface area contributed by atoms with E-state index in [-0.39, 0.29) is 18.0 Å².